The molecule has 0 aliphatic carbocycles. The van der Waals surface area contributed by atoms with Crippen molar-refractivity contribution in [2.24, 2.45) is 0 Å². The van der Waals surface area contributed by atoms with Gasteiger partial charge in [0.2, 0.25) is 0 Å². The number of carbonyl (C=O) groups excluding carboxylic acids is 1. The lowest BCUT2D eigenvalue weighted by Crippen LogP contribution is -2.29. The van der Waals surface area contributed by atoms with Gasteiger partial charge in [-0.25, -0.2) is 0 Å². The lowest BCUT2D eigenvalue weighted by Gasteiger charge is -2.18. The topological polar surface area (TPSA) is 55.6 Å². The summed E-state index contributed by atoms with van der Waals surface area (Å²) in [6.45, 7) is 0.676. The molecule has 2 aromatic rings. The number of hydrogen-bond acceptors (Lipinski definition) is 3. The molecule has 0 saturated heterocycles. The van der Waals surface area contributed by atoms with Crippen LogP contribution in [-0.4, -0.2) is 19.6 Å². The summed E-state index contributed by atoms with van der Waals surface area (Å²) in [6.07, 6.45) is 0.835. The average molecular weight is 268 g/mol. The number of nitrogen functional groups attached to an aromatic ring is 1. The van der Waals surface area contributed by atoms with Gasteiger partial charge in [-0.05, 0) is 42.3 Å². The van der Waals surface area contributed by atoms with Crippen molar-refractivity contribution >= 4 is 17.3 Å². The van der Waals surface area contributed by atoms with Gasteiger partial charge in [0.25, 0.3) is 5.91 Å². The second-order valence-electron chi connectivity index (χ2n) is 4.80. The smallest absolute Gasteiger partial charge is 0.262 e. The van der Waals surface area contributed by atoms with Crippen LogP contribution in [0.4, 0.5) is 11.4 Å². The molecule has 0 bridgehead atoms. The summed E-state index contributed by atoms with van der Waals surface area (Å²) < 4.78 is 5.27. The van der Waals surface area contributed by atoms with E-state index in [9.17, 15) is 4.79 Å². The molecule has 1 aliphatic heterocycles. The van der Waals surface area contributed by atoms with E-state index in [0.29, 0.717) is 17.9 Å². The molecule has 1 heterocycles. The second kappa shape index (κ2) is 4.89. The van der Waals surface area contributed by atoms with E-state index in [-0.39, 0.29) is 5.91 Å². The molecule has 2 N–H and O–H groups in total. The standard InChI is InChI=1S/C16H16N2O2/c1-20-15-5-3-2-4-13(15)16(19)18-9-8-11-10-12(17)6-7-14(11)18/h2-7,10H,8-9,17H2,1H3. The van der Waals surface area contributed by atoms with Gasteiger partial charge in [0, 0.05) is 17.9 Å². The number of rotatable bonds is 2. The first-order valence-electron chi connectivity index (χ1n) is 6.54. The third-order valence-electron chi connectivity index (χ3n) is 3.58. The van der Waals surface area contributed by atoms with Gasteiger partial charge in [0.1, 0.15) is 5.75 Å². The number of para-hydroxylation sites is 1. The Hall–Kier alpha value is -2.49. The Kier molecular flexibility index (Phi) is 3.06. The quantitative estimate of drug-likeness (QED) is 0.851. The molecule has 4 heteroatoms. The second-order valence-corrected chi connectivity index (χ2v) is 4.80. The van der Waals surface area contributed by atoms with Crippen LogP contribution in [0.2, 0.25) is 0 Å². The molecule has 0 fully saturated rings. The predicted molar refractivity (Wildman–Crippen MR) is 79.2 cm³/mol. The number of methoxy groups -OCH3 is 1. The summed E-state index contributed by atoms with van der Waals surface area (Å²) in [5.41, 5.74) is 9.16. The zero-order chi connectivity index (χ0) is 14.1. The molecule has 0 spiro atoms. The maximum absolute atomic E-state index is 12.7. The van der Waals surface area contributed by atoms with Crippen molar-refractivity contribution in [1.29, 1.82) is 0 Å². The van der Waals surface area contributed by atoms with Gasteiger partial charge < -0.3 is 15.4 Å². The Morgan fingerprint density at radius 2 is 2.05 bits per heavy atom. The Morgan fingerprint density at radius 1 is 1.25 bits per heavy atom. The Morgan fingerprint density at radius 3 is 2.85 bits per heavy atom. The number of fused-ring (bicyclic) bond motifs is 1. The summed E-state index contributed by atoms with van der Waals surface area (Å²) in [5.74, 6) is 0.562. The number of hydrogen-bond donors (Lipinski definition) is 1. The van der Waals surface area contributed by atoms with Crippen LogP contribution >= 0.6 is 0 Å². The highest BCUT2D eigenvalue weighted by molar-refractivity contribution is 6.09. The highest BCUT2D eigenvalue weighted by Gasteiger charge is 2.27. The predicted octanol–water partition coefficient (Wildman–Crippen LogP) is 2.48. The number of amides is 1. The monoisotopic (exact) mass is 268 g/mol. The molecule has 20 heavy (non-hydrogen) atoms. The fourth-order valence-corrected chi connectivity index (χ4v) is 2.60. The number of nitrogens with zero attached hydrogens (tertiary/aromatic N) is 1. The largest absolute Gasteiger partial charge is 0.496 e. The number of anilines is 2. The van der Waals surface area contributed by atoms with Crippen LogP contribution < -0.4 is 15.4 Å². The van der Waals surface area contributed by atoms with Gasteiger partial charge in [-0.3, -0.25) is 4.79 Å². The van der Waals surface area contributed by atoms with Crippen molar-refractivity contribution in [3.63, 3.8) is 0 Å². The normalized spacial score (nSPS) is 13.2. The Labute approximate surface area is 117 Å². The van der Waals surface area contributed by atoms with Crippen LogP contribution in [0, 0.1) is 0 Å². The summed E-state index contributed by atoms with van der Waals surface area (Å²) in [4.78, 5) is 14.5. The molecule has 0 atom stereocenters. The third kappa shape index (κ3) is 1.99. The van der Waals surface area contributed by atoms with Crippen LogP contribution in [0.3, 0.4) is 0 Å². The fourth-order valence-electron chi connectivity index (χ4n) is 2.60. The van der Waals surface area contributed by atoms with Crippen LogP contribution in [0.25, 0.3) is 0 Å². The van der Waals surface area contributed by atoms with Crippen LogP contribution in [0.15, 0.2) is 42.5 Å². The van der Waals surface area contributed by atoms with Crippen LogP contribution in [0.5, 0.6) is 5.75 Å². The lowest BCUT2D eigenvalue weighted by molar-refractivity contribution is 0.0986. The molecule has 3 rings (SSSR count). The minimum absolute atomic E-state index is 0.0361. The molecule has 2 aromatic carbocycles. The first-order chi connectivity index (χ1) is 9.70. The van der Waals surface area contributed by atoms with Crippen LogP contribution in [0.1, 0.15) is 15.9 Å². The number of benzene rings is 2. The van der Waals surface area contributed by atoms with Crippen molar-refractivity contribution < 1.29 is 9.53 Å². The van der Waals surface area contributed by atoms with Gasteiger partial charge in [0.05, 0.1) is 12.7 Å². The SMILES string of the molecule is COc1ccccc1C(=O)N1CCc2cc(N)ccc21. The van der Waals surface area contributed by atoms with E-state index >= 15 is 0 Å². The van der Waals surface area contributed by atoms with Gasteiger partial charge in [0.15, 0.2) is 0 Å². The molecule has 1 amide bonds. The summed E-state index contributed by atoms with van der Waals surface area (Å²) in [6, 6.07) is 13.0. The molecule has 0 radical (unpaired) electrons. The minimum Gasteiger partial charge on any atom is -0.496 e. The summed E-state index contributed by atoms with van der Waals surface area (Å²) in [5, 5.41) is 0. The van der Waals surface area contributed by atoms with Gasteiger partial charge in [-0.1, -0.05) is 12.1 Å². The van der Waals surface area contributed by atoms with E-state index in [1.807, 2.05) is 30.3 Å². The fraction of sp³-hybridized carbons (Fsp3) is 0.188. The van der Waals surface area contributed by atoms with E-state index in [0.717, 1.165) is 23.4 Å². The highest BCUT2D eigenvalue weighted by atomic mass is 16.5. The van der Waals surface area contributed by atoms with Gasteiger partial charge in [-0.15, -0.1) is 0 Å². The van der Waals surface area contributed by atoms with Crippen LogP contribution in [-0.2, 0) is 6.42 Å². The molecular formula is C16H16N2O2. The first kappa shape index (κ1) is 12.5. The molecule has 0 saturated carbocycles. The molecule has 102 valence electrons. The lowest BCUT2D eigenvalue weighted by atomic mass is 10.1. The zero-order valence-corrected chi connectivity index (χ0v) is 11.3. The van der Waals surface area contributed by atoms with Crippen molar-refractivity contribution in [3.8, 4) is 5.75 Å². The van der Waals surface area contributed by atoms with E-state index < -0.39 is 0 Å². The zero-order valence-electron chi connectivity index (χ0n) is 11.3. The van der Waals surface area contributed by atoms with Crippen molar-refractivity contribution in [3.05, 3.63) is 53.6 Å². The van der Waals surface area contributed by atoms with E-state index in [4.69, 9.17) is 10.5 Å². The molecule has 0 unspecified atom stereocenters. The average Bonchev–Trinajstić information content (AvgIpc) is 2.89. The van der Waals surface area contributed by atoms with E-state index in [1.54, 1.807) is 24.1 Å². The highest BCUT2D eigenvalue weighted by Crippen LogP contribution is 2.32. The van der Waals surface area contributed by atoms with Gasteiger partial charge >= 0.3 is 0 Å². The molecule has 0 aromatic heterocycles. The third-order valence-corrected chi connectivity index (χ3v) is 3.58. The van der Waals surface area contributed by atoms with E-state index in [2.05, 4.69) is 0 Å². The number of ether oxygens (including phenoxy) is 1. The van der Waals surface area contributed by atoms with Crippen molar-refractivity contribution in [2.75, 3.05) is 24.3 Å². The summed E-state index contributed by atoms with van der Waals surface area (Å²) in [7, 11) is 1.57. The van der Waals surface area contributed by atoms with Crippen molar-refractivity contribution in [2.45, 2.75) is 6.42 Å². The maximum atomic E-state index is 12.7. The number of carbonyl (C=O) groups is 1. The minimum atomic E-state index is -0.0361. The first-order valence-corrected chi connectivity index (χ1v) is 6.54. The Bertz CT molecular complexity index is 667. The summed E-state index contributed by atoms with van der Waals surface area (Å²) >= 11 is 0. The Balaban J connectivity index is 1.98. The number of nitrogens with two attached hydrogens (primary N) is 1. The molecule has 1 aliphatic rings. The molecular weight excluding hydrogens is 252 g/mol. The van der Waals surface area contributed by atoms with E-state index in [1.165, 1.54) is 0 Å². The maximum Gasteiger partial charge on any atom is 0.262 e. The van der Waals surface area contributed by atoms with Crippen molar-refractivity contribution in [1.82, 2.24) is 0 Å². The van der Waals surface area contributed by atoms with Gasteiger partial charge in [-0.2, -0.15) is 0 Å². The molecule has 4 nitrogen and oxygen atoms in total.